The number of rotatable bonds is 8. The SMILES string of the molecule is O=C(CCN(c1nc(-c2ccco2)nc2ccccc12)C1CCCCC1)NCc1ccco1. The number of anilines is 1. The van der Waals surface area contributed by atoms with Crippen molar-refractivity contribution >= 4 is 22.6 Å². The number of furan rings is 2. The quantitative estimate of drug-likeness (QED) is 0.395. The average molecular weight is 445 g/mol. The molecular weight excluding hydrogens is 416 g/mol. The number of carbonyl (C=O) groups is 1. The normalized spacial score (nSPS) is 14.4. The van der Waals surface area contributed by atoms with Crippen LogP contribution < -0.4 is 10.2 Å². The molecule has 0 spiro atoms. The fourth-order valence-electron chi connectivity index (χ4n) is 4.56. The summed E-state index contributed by atoms with van der Waals surface area (Å²) >= 11 is 0. The van der Waals surface area contributed by atoms with Crippen molar-refractivity contribution in [2.75, 3.05) is 11.4 Å². The second-order valence-electron chi connectivity index (χ2n) is 8.46. The van der Waals surface area contributed by atoms with Gasteiger partial charge in [0, 0.05) is 24.4 Å². The third kappa shape index (κ3) is 4.92. The maximum atomic E-state index is 12.6. The third-order valence-electron chi connectivity index (χ3n) is 6.23. The van der Waals surface area contributed by atoms with E-state index in [1.165, 1.54) is 19.3 Å². The first kappa shape index (κ1) is 21.2. The number of amides is 1. The van der Waals surface area contributed by atoms with Crippen LogP contribution in [0.15, 0.2) is 69.9 Å². The zero-order valence-corrected chi connectivity index (χ0v) is 18.6. The van der Waals surface area contributed by atoms with Gasteiger partial charge >= 0.3 is 0 Å². The molecule has 1 aromatic carbocycles. The molecule has 1 aliphatic carbocycles. The minimum Gasteiger partial charge on any atom is -0.467 e. The molecule has 5 rings (SSSR count). The average Bonchev–Trinajstić information content (AvgIpc) is 3.58. The van der Waals surface area contributed by atoms with E-state index in [1.54, 1.807) is 12.5 Å². The lowest BCUT2D eigenvalue weighted by atomic mass is 9.93. The van der Waals surface area contributed by atoms with Crippen molar-refractivity contribution in [1.82, 2.24) is 15.3 Å². The number of nitrogens with one attached hydrogen (secondary N) is 1. The standard InChI is InChI=1S/C26H28N4O3/c31-24(27-18-20-10-6-16-32-20)14-15-30(19-8-2-1-3-9-19)26-21-11-4-5-12-22(21)28-25(29-26)23-13-7-17-33-23/h4-7,10-13,16-17,19H,1-3,8-9,14-15,18H2,(H,27,31). The first-order chi connectivity index (χ1) is 16.3. The van der Waals surface area contributed by atoms with Crippen LogP contribution in [0.5, 0.6) is 0 Å². The van der Waals surface area contributed by atoms with Gasteiger partial charge in [-0.1, -0.05) is 31.4 Å². The molecule has 3 heterocycles. The number of aromatic nitrogens is 2. The van der Waals surface area contributed by atoms with Crippen LogP contribution in [0, 0.1) is 0 Å². The Morgan fingerprint density at radius 1 is 0.970 bits per heavy atom. The molecule has 0 aliphatic heterocycles. The molecule has 1 aliphatic rings. The topological polar surface area (TPSA) is 84.4 Å². The highest BCUT2D eigenvalue weighted by Gasteiger charge is 2.26. The van der Waals surface area contributed by atoms with Gasteiger partial charge in [0.2, 0.25) is 5.91 Å². The lowest BCUT2D eigenvalue weighted by molar-refractivity contribution is -0.121. The van der Waals surface area contributed by atoms with Gasteiger partial charge in [-0.3, -0.25) is 4.79 Å². The summed E-state index contributed by atoms with van der Waals surface area (Å²) in [7, 11) is 0. The maximum Gasteiger partial charge on any atom is 0.222 e. The smallest absolute Gasteiger partial charge is 0.222 e. The van der Waals surface area contributed by atoms with E-state index in [2.05, 4.69) is 16.3 Å². The molecular formula is C26H28N4O3. The van der Waals surface area contributed by atoms with Crippen molar-refractivity contribution in [3.63, 3.8) is 0 Å². The van der Waals surface area contributed by atoms with E-state index in [9.17, 15) is 4.79 Å². The molecule has 1 amide bonds. The van der Waals surface area contributed by atoms with Crippen LogP contribution in [0.25, 0.3) is 22.5 Å². The van der Waals surface area contributed by atoms with Crippen molar-refractivity contribution in [3.8, 4) is 11.6 Å². The van der Waals surface area contributed by atoms with Crippen molar-refractivity contribution in [2.45, 2.75) is 51.1 Å². The Morgan fingerprint density at radius 3 is 2.58 bits per heavy atom. The van der Waals surface area contributed by atoms with Gasteiger partial charge in [0.05, 0.1) is 24.6 Å². The van der Waals surface area contributed by atoms with Crippen LogP contribution in [-0.4, -0.2) is 28.5 Å². The monoisotopic (exact) mass is 444 g/mol. The molecule has 1 saturated carbocycles. The van der Waals surface area contributed by atoms with Gasteiger partial charge < -0.3 is 19.1 Å². The maximum absolute atomic E-state index is 12.6. The molecule has 170 valence electrons. The summed E-state index contributed by atoms with van der Waals surface area (Å²) in [6, 6.07) is 15.8. The lowest BCUT2D eigenvalue weighted by Crippen LogP contribution is -2.40. The van der Waals surface area contributed by atoms with E-state index in [1.807, 2.05) is 42.5 Å². The van der Waals surface area contributed by atoms with E-state index < -0.39 is 0 Å². The summed E-state index contributed by atoms with van der Waals surface area (Å²) in [5.41, 5.74) is 0.872. The van der Waals surface area contributed by atoms with E-state index in [4.69, 9.17) is 18.8 Å². The van der Waals surface area contributed by atoms with E-state index >= 15 is 0 Å². The van der Waals surface area contributed by atoms with Gasteiger partial charge in [-0.25, -0.2) is 9.97 Å². The van der Waals surface area contributed by atoms with E-state index in [0.717, 1.165) is 35.3 Å². The Morgan fingerprint density at radius 2 is 1.79 bits per heavy atom. The Hall–Kier alpha value is -3.61. The van der Waals surface area contributed by atoms with Crippen LogP contribution in [0.2, 0.25) is 0 Å². The highest BCUT2D eigenvalue weighted by Crippen LogP contribution is 2.33. The summed E-state index contributed by atoms with van der Waals surface area (Å²) in [4.78, 5) is 24.7. The third-order valence-corrected chi connectivity index (χ3v) is 6.23. The van der Waals surface area contributed by atoms with Gasteiger partial charge in [0.25, 0.3) is 0 Å². The van der Waals surface area contributed by atoms with Crippen LogP contribution in [-0.2, 0) is 11.3 Å². The number of nitrogens with zero attached hydrogens (tertiary/aromatic N) is 3. The highest BCUT2D eigenvalue weighted by molar-refractivity contribution is 5.91. The first-order valence-electron chi connectivity index (χ1n) is 11.6. The minimum absolute atomic E-state index is 0.00294. The number of benzene rings is 1. The Kier molecular flexibility index (Phi) is 6.37. The molecule has 0 bridgehead atoms. The molecule has 1 N–H and O–H groups in total. The molecule has 7 nitrogen and oxygen atoms in total. The molecule has 33 heavy (non-hydrogen) atoms. The van der Waals surface area contributed by atoms with Gasteiger partial charge in [-0.15, -0.1) is 0 Å². The van der Waals surface area contributed by atoms with E-state index in [-0.39, 0.29) is 5.91 Å². The Balaban J connectivity index is 1.44. The summed E-state index contributed by atoms with van der Waals surface area (Å²) in [5.74, 6) is 2.82. The Labute approximate surface area is 192 Å². The lowest BCUT2D eigenvalue weighted by Gasteiger charge is -2.36. The van der Waals surface area contributed by atoms with Crippen LogP contribution in [0.4, 0.5) is 5.82 Å². The molecule has 4 aromatic rings. The zero-order chi connectivity index (χ0) is 22.5. The number of hydrogen-bond acceptors (Lipinski definition) is 6. The summed E-state index contributed by atoms with van der Waals surface area (Å²) in [6.07, 6.45) is 9.48. The minimum atomic E-state index is -0.00294. The van der Waals surface area contributed by atoms with Crippen molar-refractivity contribution < 1.29 is 13.6 Å². The number of para-hydroxylation sites is 1. The van der Waals surface area contributed by atoms with Crippen molar-refractivity contribution in [2.24, 2.45) is 0 Å². The summed E-state index contributed by atoms with van der Waals surface area (Å²) < 4.78 is 10.9. The predicted molar refractivity (Wildman–Crippen MR) is 127 cm³/mol. The largest absolute Gasteiger partial charge is 0.467 e. The molecule has 0 atom stereocenters. The van der Waals surface area contributed by atoms with Gasteiger partial charge in [0.15, 0.2) is 11.6 Å². The molecule has 7 heteroatoms. The van der Waals surface area contributed by atoms with Gasteiger partial charge in [-0.05, 0) is 49.2 Å². The van der Waals surface area contributed by atoms with Crippen LogP contribution >= 0.6 is 0 Å². The van der Waals surface area contributed by atoms with Crippen molar-refractivity contribution in [1.29, 1.82) is 0 Å². The van der Waals surface area contributed by atoms with Crippen LogP contribution in [0.3, 0.4) is 0 Å². The predicted octanol–water partition coefficient (Wildman–Crippen LogP) is 5.33. The summed E-state index contributed by atoms with van der Waals surface area (Å²) in [6.45, 7) is 0.988. The molecule has 0 unspecified atom stereocenters. The number of carbonyl (C=O) groups excluding carboxylic acids is 1. The second kappa shape index (κ2) is 9.90. The number of fused-ring (bicyclic) bond motifs is 1. The molecule has 3 aromatic heterocycles. The molecule has 1 fully saturated rings. The molecule has 0 radical (unpaired) electrons. The second-order valence-corrected chi connectivity index (χ2v) is 8.46. The first-order valence-corrected chi connectivity index (χ1v) is 11.6. The Bertz CT molecular complexity index is 1180. The highest BCUT2D eigenvalue weighted by atomic mass is 16.3. The zero-order valence-electron chi connectivity index (χ0n) is 18.6. The van der Waals surface area contributed by atoms with Crippen molar-refractivity contribution in [3.05, 3.63) is 66.8 Å². The van der Waals surface area contributed by atoms with Gasteiger partial charge in [0.1, 0.15) is 11.6 Å². The fraction of sp³-hybridized carbons (Fsp3) is 0.346. The number of hydrogen-bond donors (Lipinski definition) is 1. The molecule has 0 saturated heterocycles. The van der Waals surface area contributed by atoms with Gasteiger partial charge in [-0.2, -0.15) is 0 Å². The van der Waals surface area contributed by atoms with E-state index in [0.29, 0.717) is 37.1 Å². The van der Waals surface area contributed by atoms with Crippen LogP contribution in [0.1, 0.15) is 44.3 Å². The fourth-order valence-corrected chi connectivity index (χ4v) is 4.56. The summed E-state index contributed by atoms with van der Waals surface area (Å²) in [5, 5.41) is 3.95.